The lowest BCUT2D eigenvalue weighted by Crippen LogP contribution is -2.45. The van der Waals surface area contributed by atoms with Gasteiger partial charge in [0, 0.05) is 16.8 Å². The number of nitrogens with zero attached hydrogens (tertiary/aromatic N) is 4. The number of amides is 3. The van der Waals surface area contributed by atoms with E-state index >= 15 is 0 Å². The topological polar surface area (TPSA) is 92.1 Å². The van der Waals surface area contributed by atoms with Crippen LogP contribution in [0.4, 0.5) is 4.79 Å². The molecule has 3 rings (SSSR count). The van der Waals surface area contributed by atoms with Crippen LogP contribution in [-0.2, 0) is 4.79 Å². The fraction of sp³-hybridized carbons (Fsp3) is 0.524. The SMILES string of the molecule is C[C@@H](c1nnc(SCC(=O)NC(=O)NC2CCCCC2)n1-c1ccc(Cl)cc1)N(C)C. The highest BCUT2D eigenvalue weighted by Gasteiger charge is 2.22. The molecule has 168 valence electrons. The summed E-state index contributed by atoms with van der Waals surface area (Å²) in [5.74, 6) is 0.441. The van der Waals surface area contributed by atoms with Gasteiger partial charge in [0.1, 0.15) is 0 Å². The Hall–Kier alpha value is -2.10. The molecule has 10 heteroatoms. The fourth-order valence-electron chi connectivity index (χ4n) is 3.47. The maximum absolute atomic E-state index is 12.3. The fourth-order valence-corrected chi connectivity index (χ4v) is 4.36. The van der Waals surface area contributed by atoms with Gasteiger partial charge in [-0.1, -0.05) is 42.6 Å². The Morgan fingerprint density at radius 1 is 1.19 bits per heavy atom. The zero-order valence-electron chi connectivity index (χ0n) is 18.1. The predicted molar refractivity (Wildman–Crippen MR) is 123 cm³/mol. The molecule has 1 saturated carbocycles. The second-order valence-electron chi connectivity index (χ2n) is 7.94. The summed E-state index contributed by atoms with van der Waals surface area (Å²) in [5.41, 5.74) is 0.857. The molecule has 1 aliphatic rings. The molecule has 0 unspecified atom stereocenters. The molecule has 31 heavy (non-hydrogen) atoms. The third-order valence-corrected chi connectivity index (χ3v) is 6.60. The van der Waals surface area contributed by atoms with Crippen LogP contribution in [0.3, 0.4) is 0 Å². The van der Waals surface area contributed by atoms with E-state index in [1.807, 2.05) is 42.6 Å². The summed E-state index contributed by atoms with van der Waals surface area (Å²) < 4.78 is 1.92. The van der Waals surface area contributed by atoms with Gasteiger partial charge in [-0.15, -0.1) is 10.2 Å². The molecule has 0 radical (unpaired) electrons. The highest BCUT2D eigenvalue weighted by molar-refractivity contribution is 7.99. The number of urea groups is 1. The van der Waals surface area contributed by atoms with E-state index in [-0.39, 0.29) is 23.7 Å². The lowest BCUT2D eigenvalue weighted by atomic mass is 9.96. The van der Waals surface area contributed by atoms with Gasteiger partial charge in [0.25, 0.3) is 0 Å². The second kappa shape index (κ2) is 11.0. The first-order chi connectivity index (χ1) is 14.8. The van der Waals surface area contributed by atoms with Gasteiger partial charge < -0.3 is 5.32 Å². The Balaban J connectivity index is 1.67. The minimum absolute atomic E-state index is 0.00706. The molecule has 0 aliphatic heterocycles. The Kier molecular flexibility index (Phi) is 8.34. The van der Waals surface area contributed by atoms with Crippen LogP contribution >= 0.6 is 23.4 Å². The smallest absolute Gasteiger partial charge is 0.321 e. The van der Waals surface area contributed by atoms with E-state index in [1.54, 1.807) is 12.1 Å². The van der Waals surface area contributed by atoms with E-state index in [2.05, 4.69) is 20.8 Å². The van der Waals surface area contributed by atoms with E-state index in [0.717, 1.165) is 37.2 Å². The predicted octanol–water partition coefficient (Wildman–Crippen LogP) is 3.79. The van der Waals surface area contributed by atoms with Crippen molar-refractivity contribution in [2.75, 3.05) is 19.8 Å². The summed E-state index contributed by atoms with van der Waals surface area (Å²) in [6.07, 6.45) is 5.37. The summed E-state index contributed by atoms with van der Waals surface area (Å²) in [7, 11) is 3.94. The van der Waals surface area contributed by atoms with Gasteiger partial charge in [0.2, 0.25) is 5.91 Å². The van der Waals surface area contributed by atoms with Crippen molar-refractivity contribution in [2.45, 2.75) is 56.3 Å². The number of imide groups is 1. The zero-order chi connectivity index (χ0) is 22.4. The number of halogens is 1. The zero-order valence-corrected chi connectivity index (χ0v) is 19.7. The Morgan fingerprint density at radius 3 is 2.52 bits per heavy atom. The molecule has 3 amide bonds. The van der Waals surface area contributed by atoms with Gasteiger partial charge >= 0.3 is 6.03 Å². The van der Waals surface area contributed by atoms with Gasteiger partial charge in [-0.3, -0.25) is 19.6 Å². The molecule has 1 aromatic carbocycles. The highest BCUT2D eigenvalue weighted by Crippen LogP contribution is 2.27. The van der Waals surface area contributed by atoms with Crippen molar-refractivity contribution in [3.8, 4) is 5.69 Å². The average molecular weight is 465 g/mol. The van der Waals surface area contributed by atoms with Crippen LogP contribution in [0.5, 0.6) is 0 Å². The molecule has 1 heterocycles. The molecule has 0 spiro atoms. The minimum atomic E-state index is -0.432. The number of rotatable bonds is 7. The molecular formula is C21H29ClN6O2S. The van der Waals surface area contributed by atoms with Gasteiger partial charge in [0.15, 0.2) is 11.0 Å². The molecular weight excluding hydrogens is 436 g/mol. The number of aromatic nitrogens is 3. The maximum atomic E-state index is 12.3. The molecule has 1 aromatic heterocycles. The molecule has 2 N–H and O–H groups in total. The van der Waals surface area contributed by atoms with Gasteiger partial charge in [-0.25, -0.2) is 4.79 Å². The van der Waals surface area contributed by atoms with Crippen LogP contribution in [0.2, 0.25) is 5.02 Å². The van der Waals surface area contributed by atoms with Gasteiger partial charge in [0.05, 0.1) is 11.8 Å². The van der Waals surface area contributed by atoms with Crippen molar-refractivity contribution < 1.29 is 9.59 Å². The quantitative estimate of drug-likeness (QED) is 0.605. The number of nitrogens with one attached hydrogen (secondary N) is 2. The molecule has 1 aliphatic carbocycles. The van der Waals surface area contributed by atoms with Crippen LogP contribution in [0.25, 0.3) is 5.69 Å². The Morgan fingerprint density at radius 2 is 1.87 bits per heavy atom. The van der Waals surface area contributed by atoms with E-state index in [9.17, 15) is 9.59 Å². The van der Waals surface area contributed by atoms with Crippen molar-refractivity contribution in [2.24, 2.45) is 0 Å². The van der Waals surface area contributed by atoms with Crippen molar-refractivity contribution in [3.05, 3.63) is 35.1 Å². The standard InChI is InChI=1S/C21H29ClN6O2S/c1-14(27(2)3)19-25-26-21(28(19)17-11-9-15(22)10-12-17)31-13-18(29)24-20(30)23-16-7-5-4-6-8-16/h9-12,14,16H,4-8,13H2,1-3H3,(H2,23,24,29,30)/t14-/m0/s1. The first kappa shape index (κ1) is 23.6. The first-order valence-electron chi connectivity index (χ1n) is 10.5. The van der Waals surface area contributed by atoms with E-state index in [1.165, 1.54) is 18.2 Å². The third-order valence-electron chi connectivity index (χ3n) is 5.42. The van der Waals surface area contributed by atoms with E-state index < -0.39 is 6.03 Å². The van der Waals surface area contributed by atoms with Gasteiger partial charge in [-0.05, 0) is 58.1 Å². The monoisotopic (exact) mass is 464 g/mol. The summed E-state index contributed by atoms with van der Waals surface area (Å²) in [4.78, 5) is 26.5. The van der Waals surface area contributed by atoms with Crippen molar-refractivity contribution in [1.82, 2.24) is 30.3 Å². The third kappa shape index (κ3) is 6.44. The second-order valence-corrected chi connectivity index (χ2v) is 9.32. The molecule has 0 bridgehead atoms. The van der Waals surface area contributed by atoms with Crippen LogP contribution in [0.1, 0.15) is 50.9 Å². The van der Waals surface area contributed by atoms with Crippen molar-refractivity contribution >= 4 is 35.3 Å². The molecule has 8 nitrogen and oxygen atoms in total. The number of carbonyl (C=O) groups is 2. The maximum Gasteiger partial charge on any atom is 0.321 e. The van der Waals surface area contributed by atoms with Crippen molar-refractivity contribution in [3.63, 3.8) is 0 Å². The largest absolute Gasteiger partial charge is 0.335 e. The number of carbonyl (C=O) groups excluding carboxylic acids is 2. The first-order valence-corrected chi connectivity index (χ1v) is 11.8. The van der Waals surface area contributed by atoms with E-state index in [4.69, 9.17) is 11.6 Å². The summed E-state index contributed by atoms with van der Waals surface area (Å²) in [6, 6.07) is 7.11. The van der Waals surface area contributed by atoms with Crippen LogP contribution in [0.15, 0.2) is 29.4 Å². The average Bonchev–Trinajstić information content (AvgIpc) is 3.16. The van der Waals surface area contributed by atoms with Crippen LogP contribution < -0.4 is 10.6 Å². The van der Waals surface area contributed by atoms with Crippen LogP contribution in [0, 0.1) is 0 Å². The van der Waals surface area contributed by atoms with Crippen LogP contribution in [-0.4, -0.2) is 57.5 Å². The highest BCUT2D eigenvalue weighted by atomic mass is 35.5. The van der Waals surface area contributed by atoms with E-state index in [0.29, 0.717) is 10.2 Å². The summed E-state index contributed by atoms with van der Waals surface area (Å²) in [6.45, 7) is 2.03. The molecule has 0 saturated heterocycles. The number of benzene rings is 1. The summed E-state index contributed by atoms with van der Waals surface area (Å²) in [5, 5.41) is 15.2. The lowest BCUT2D eigenvalue weighted by molar-refractivity contribution is -0.117. The molecule has 1 atom stereocenters. The molecule has 2 aromatic rings. The Labute approximate surface area is 192 Å². The minimum Gasteiger partial charge on any atom is -0.335 e. The number of thioether (sulfide) groups is 1. The summed E-state index contributed by atoms with van der Waals surface area (Å²) >= 11 is 7.28. The normalized spacial score (nSPS) is 15.6. The molecule has 1 fully saturated rings. The van der Waals surface area contributed by atoms with Gasteiger partial charge in [-0.2, -0.15) is 0 Å². The number of hydrogen-bond acceptors (Lipinski definition) is 6. The Bertz CT molecular complexity index is 896. The lowest BCUT2D eigenvalue weighted by Gasteiger charge is -2.22. The number of hydrogen-bond donors (Lipinski definition) is 2. The van der Waals surface area contributed by atoms with Crippen molar-refractivity contribution in [1.29, 1.82) is 0 Å².